The Morgan fingerprint density at radius 3 is 2.33 bits per heavy atom. The molecule has 1 unspecified atom stereocenters. The maximum Gasteiger partial charge on any atom is 0.364 e. The van der Waals surface area contributed by atoms with Crippen LogP contribution in [-0.2, 0) is 9.53 Å². The summed E-state index contributed by atoms with van der Waals surface area (Å²) in [6.07, 6.45) is -9.23. The quantitative estimate of drug-likeness (QED) is 0.262. The average Bonchev–Trinajstić information content (AvgIpc) is 2.63. The number of hydrogen-bond donors (Lipinski definition) is 7. The van der Waals surface area contributed by atoms with Crippen molar-refractivity contribution < 1.29 is 45.3 Å². The van der Waals surface area contributed by atoms with E-state index in [4.69, 9.17) is 15.3 Å². The van der Waals surface area contributed by atoms with Crippen LogP contribution in [0.4, 0.5) is 0 Å². The lowest BCUT2D eigenvalue weighted by Crippen LogP contribution is -2.49. The van der Waals surface area contributed by atoms with Crippen LogP contribution < -0.4 is 0 Å². The second-order valence-electron chi connectivity index (χ2n) is 4.17. The topological polar surface area (TPSA) is 168 Å². The number of hydrogen-bond acceptors (Lipinski definition) is 8. The molecule has 7 N–H and O–H groups in total. The molecule has 0 radical (unpaired) electrons. The number of carboxylic acids is 1. The molecule has 0 aromatic carbocycles. The van der Waals surface area contributed by atoms with E-state index in [0.717, 1.165) is 0 Å². The molecule has 0 aliphatic carbocycles. The first-order valence-corrected chi connectivity index (χ1v) is 5.19. The third kappa shape index (κ3) is 2.78. The number of carbonyl (C=O) groups is 1. The van der Waals surface area contributed by atoms with Crippen molar-refractivity contribution in [3.05, 3.63) is 0 Å². The lowest BCUT2D eigenvalue weighted by molar-refractivity contribution is -0.233. The lowest BCUT2D eigenvalue weighted by Gasteiger charge is -2.28. The summed E-state index contributed by atoms with van der Waals surface area (Å²) < 4.78 is 4.60. The molecule has 9 heteroatoms. The summed E-state index contributed by atoms with van der Waals surface area (Å²) in [7, 11) is 0. The van der Waals surface area contributed by atoms with Crippen LogP contribution in [0.1, 0.15) is 6.42 Å². The molecule has 0 amide bonds. The third-order valence-corrected chi connectivity index (χ3v) is 2.80. The first-order chi connectivity index (χ1) is 8.23. The predicted molar refractivity (Wildman–Crippen MR) is 53.2 cm³/mol. The Kier molecular flexibility index (Phi) is 4.61. The molecule has 0 bridgehead atoms. The van der Waals surface area contributed by atoms with Crippen LogP contribution in [0.15, 0.2) is 0 Å². The van der Waals surface area contributed by atoms with Crippen molar-refractivity contribution >= 4 is 5.97 Å². The van der Waals surface area contributed by atoms with E-state index in [9.17, 15) is 25.2 Å². The van der Waals surface area contributed by atoms with Crippen molar-refractivity contribution in [3.63, 3.8) is 0 Å². The summed E-state index contributed by atoms with van der Waals surface area (Å²) in [5, 5.41) is 64.3. The van der Waals surface area contributed by atoms with Crippen LogP contribution in [0.3, 0.4) is 0 Å². The van der Waals surface area contributed by atoms with Gasteiger partial charge in [0.2, 0.25) is 0 Å². The van der Waals surface area contributed by atoms with E-state index < -0.39 is 55.3 Å². The Bertz CT molecular complexity index is 308. The molecule has 1 fully saturated rings. The van der Waals surface area contributed by atoms with Crippen molar-refractivity contribution in [1.82, 2.24) is 0 Å². The highest BCUT2D eigenvalue weighted by molar-refractivity contribution is 5.75. The van der Waals surface area contributed by atoms with Gasteiger partial charge in [-0.2, -0.15) is 0 Å². The number of rotatable bonds is 5. The maximum atomic E-state index is 10.7. The molecule has 1 aliphatic heterocycles. The Morgan fingerprint density at radius 2 is 1.94 bits per heavy atom. The normalized spacial score (nSPS) is 37.2. The Morgan fingerprint density at radius 1 is 1.39 bits per heavy atom. The van der Waals surface area contributed by atoms with Crippen LogP contribution in [0.2, 0.25) is 0 Å². The number of aliphatic hydroxyl groups excluding tert-OH is 5. The molecule has 0 aromatic rings. The second kappa shape index (κ2) is 5.45. The van der Waals surface area contributed by atoms with Gasteiger partial charge in [-0.15, -0.1) is 0 Å². The van der Waals surface area contributed by atoms with Crippen LogP contribution >= 0.6 is 0 Å². The van der Waals surface area contributed by atoms with E-state index in [1.165, 1.54) is 0 Å². The van der Waals surface area contributed by atoms with Gasteiger partial charge in [-0.05, 0) is 0 Å². The molecule has 6 atom stereocenters. The molecule has 0 saturated carbocycles. The smallest absolute Gasteiger partial charge is 0.364 e. The average molecular weight is 268 g/mol. The molecule has 106 valence electrons. The number of carboxylic acid groups (broad SMARTS) is 1. The zero-order valence-corrected chi connectivity index (χ0v) is 9.25. The van der Waals surface area contributed by atoms with Gasteiger partial charge in [0, 0.05) is 6.42 Å². The Labute approximate surface area is 101 Å². The predicted octanol–water partition coefficient (Wildman–Crippen LogP) is -4.02. The van der Waals surface area contributed by atoms with E-state index in [1.54, 1.807) is 0 Å². The molecule has 0 spiro atoms. The van der Waals surface area contributed by atoms with Crippen molar-refractivity contribution in [2.45, 2.75) is 42.7 Å². The van der Waals surface area contributed by atoms with E-state index in [0.29, 0.717) is 0 Å². The SMILES string of the molecule is O=C(O)C1(O)C[C@H](O)[C@H]([C@H](O)[C@H](O)[C@H](O)CO)O1. The highest BCUT2D eigenvalue weighted by Gasteiger charge is 2.54. The minimum absolute atomic E-state index is 0.688. The van der Waals surface area contributed by atoms with E-state index in [1.807, 2.05) is 0 Å². The van der Waals surface area contributed by atoms with Gasteiger partial charge in [0.1, 0.15) is 24.4 Å². The van der Waals surface area contributed by atoms with Gasteiger partial charge in [0.25, 0.3) is 5.79 Å². The summed E-state index contributed by atoms with van der Waals surface area (Å²) in [5.74, 6) is -4.40. The summed E-state index contributed by atoms with van der Waals surface area (Å²) >= 11 is 0. The van der Waals surface area contributed by atoms with Crippen LogP contribution in [0.25, 0.3) is 0 Å². The lowest BCUT2D eigenvalue weighted by atomic mass is 9.99. The van der Waals surface area contributed by atoms with Crippen molar-refractivity contribution in [1.29, 1.82) is 0 Å². The zero-order chi connectivity index (χ0) is 14.1. The fourth-order valence-corrected chi connectivity index (χ4v) is 1.72. The first-order valence-electron chi connectivity index (χ1n) is 5.19. The highest BCUT2D eigenvalue weighted by Crippen LogP contribution is 2.31. The zero-order valence-electron chi connectivity index (χ0n) is 9.25. The fraction of sp³-hybridized carbons (Fsp3) is 0.889. The molecule has 1 heterocycles. The molecule has 1 aliphatic rings. The fourth-order valence-electron chi connectivity index (χ4n) is 1.72. The second-order valence-corrected chi connectivity index (χ2v) is 4.17. The van der Waals surface area contributed by atoms with Crippen LogP contribution in [0, 0.1) is 0 Å². The molecular weight excluding hydrogens is 252 g/mol. The maximum absolute atomic E-state index is 10.7. The number of ether oxygens (including phenoxy) is 1. The van der Waals surface area contributed by atoms with Gasteiger partial charge in [-0.3, -0.25) is 0 Å². The first kappa shape index (κ1) is 15.2. The van der Waals surface area contributed by atoms with Gasteiger partial charge in [-0.25, -0.2) is 4.79 Å². The molecule has 0 aromatic heterocycles. The molecule has 1 saturated heterocycles. The standard InChI is InChI=1S/C9H16O9/c10-2-4(12)5(13)6(14)7-3(11)1-9(17,18-7)8(15)16/h3-7,10-14,17H,1-2H2,(H,15,16)/t3-,4+,5+,6+,7+,9?/m0/s1. The van der Waals surface area contributed by atoms with E-state index in [-0.39, 0.29) is 0 Å². The van der Waals surface area contributed by atoms with E-state index in [2.05, 4.69) is 4.74 Å². The van der Waals surface area contributed by atoms with Crippen molar-refractivity contribution in [2.24, 2.45) is 0 Å². The molecule has 9 nitrogen and oxygen atoms in total. The van der Waals surface area contributed by atoms with Crippen LogP contribution in [-0.4, -0.2) is 84.6 Å². The van der Waals surface area contributed by atoms with Crippen molar-refractivity contribution in [2.75, 3.05) is 6.61 Å². The van der Waals surface area contributed by atoms with Gasteiger partial charge in [0.05, 0.1) is 12.7 Å². The van der Waals surface area contributed by atoms with Gasteiger partial charge < -0.3 is 40.5 Å². The largest absolute Gasteiger partial charge is 0.477 e. The number of aliphatic hydroxyl groups is 6. The minimum atomic E-state index is -2.66. The Hall–Kier alpha value is -0.810. The van der Waals surface area contributed by atoms with Gasteiger partial charge >= 0.3 is 5.97 Å². The highest BCUT2D eigenvalue weighted by atomic mass is 16.7. The van der Waals surface area contributed by atoms with Gasteiger partial charge in [0.15, 0.2) is 0 Å². The van der Waals surface area contributed by atoms with Crippen LogP contribution in [0.5, 0.6) is 0 Å². The number of aliphatic carboxylic acids is 1. The molecule has 18 heavy (non-hydrogen) atoms. The third-order valence-electron chi connectivity index (χ3n) is 2.80. The van der Waals surface area contributed by atoms with E-state index >= 15 is 0 Å². The minimum Gasteiger partial charge on any atom is -0.477 e. The Balaban J connectivity index is 2.76. The molecule has 1 rings (SSSR count). The summed E-state index contributed by atoms with van der Waals surface area (Å²) in [5.41, 5.74) is 0. The summed E-state index contributed by atoms with van der Waals surface area (Å²) in [6.45, 7) is -0.843. The summed E-state index contributed by atoms with van der Waals surface area (Å²) in [4.78, 5) is 10.7. The monoisotopic (exact) mass is 268 g/mol. The summed E-state index contributed by atoms with van der Waals surface area (Å²) in [6, 6.07) is 0. The molecular formula is C9H16O9. The van der Waals surface area contributed by atoms with Gasteiger partial charge in [-0.1, -0.05) is 0 Å². The van der Waals surface area contributed by atoms with Crippen molar-refractivity contribution in [3.8, 4) is 0 Å².